The number of anilines is 1. The van der Waals surface area contributed by atoms with Crippen LogP contribution in [0.1, 0.15) is 18.9 Å². The maximum atomic E-state index is 11.7. The van der Waals surface area contributed by atoms with Crippen LogP contribution in [0, 0.1) is 5.92 Å². The molecule has 1 aromatic carbocycles. The SMILES string of the molecule is CC(=O)Nc1ccc(CCNC(=O)NC[C@@H]2CCOC2)cc1. The van der Waals surface area contributed by atoms with Gasteiger partial charge in [0.1, 0.15) is 0 Å². The summed E-state index contributed by atoms with van der Waals surface area (Å²) in [7, 11) is 0. The lowest BCUT2D eigenvalue weighted by atomic mass is 10.1. The van der Waals surface area contributed by atoms with Crippen molar-refractivity contribution < 1.29 is 14.3 Å². The number of hydrogen-bond donors (Lipinski definition) is 3. The first kappa shape index (κ1) is 16.3. The number of hydrogen-bond acceptors (Lipinski definition) is 3. The van der Waals surface area contributed by atoms with Gasteiger partial charge < -0.3 is 20.7 Å². The minimum absolute atomic E-state index is 0.0845. The molecule has 1 aliphatic heterocycles. The minimum Gasteiger partial charge on any atom is -0.381 e. The van der Waals surface area contributed by atoms with Crippen LogP contribution < -0.4 is 16.0 Å². The topological polar surface area (TPSA) is 79.5 Å². The summed E-state index contributed by atoms with van der Waals surface area (Å²) < 4.78 is 5.26. The highest BCUT2D eigenvalue weighted by atomic mass is 16.5. The molecule has 0 bridgehead atoms. The highest BCUT2D eigenvalue weighted by Gasteiger charge is 2.15. The van der Waals surface area contributed by atoms with Gasteiger partial charge in [-0.25, -0.2) is 4.79 Å². The lowest BCUT2D eigenvalue weighted by molar-refractivity contribution is -0.114. The number of rotatable bonds is 6. The molecule has 0 spiro atoms. The second-order valence-corrected chi connectivity index (χ2v) is 5.49. The highest BCUT2D eigenvalue weighted by Crippen LogP contribution is 2.11. The Morgan fingerprint density at radius 2 is 2.00 bits per heavy atom. The Morgan fingerprint density at radius 3 is 2.64 bits per heavy atom. The molecular formula is C16H23N3O3. The summed E-state index contributed by atoms with van der Waals surface area (Å²) >= 11 is 0. The molecular weight excluding hydrogens is 282 g/mol. The molecule has 0 radical (unpaired) electrons. The van der Waals surface area contributed by atoms with Gasteiger partial charge in [0.2, 0.25) is 5.91 Å². The summed E-state index contributed by atoms with van der Waals surface area (Å²) in [6.45, 7) is 4.25. The quantitative estimate of drug-likeness (QED) is 0.745. The minimum atomic E-state index is -0.137. The van der Waals surface area contributed by atoms with Crippen LogP contribution in [0.3, 0.4) is 0 Å². The Bertz CT molecular complexity index is 496. The molecule has 1 aromatic rings. The molecule has 6 nitrogen and oxygen atoms in total. The van der Waals surface area contributed by atoms with Crippen LogP contribution in [0.4, 0.5) is 10.5 Å². The summed E-state index contributed by atoms with van der Waals surface area (Å²) in [5.41, 5.74) is 1.89. The largest absolute Gasteiger partial charge is 0.381 e. The molecule has 1 saturated heterocycles. The first-order valence-corrected chi connectivity index (χ1v) is 7.59. The van der Waals surface area contributed by atoms with Gasteiger partial charge >= 0.3 is 6.03 Å². The van der Waals surface area contributed by atoms with E-state index in [1.54, 1.807) is 0 Å². The maximum absolute atomic E-state index is 11.7. The molecule has 0 unspecified atom stereocenters. The zero-order valence-electron chi connectivity index (χ0n) is 12.9. The van der Waals surface area contributed by atoms with E-state index >= 15 is 0 Å². The van der Waals surface area contributed by atoms with E-state index in [0.29, 0.717) is 19.0 Å². The lowest BCUT2D eigenvalue weighted by Gasteiger charge is -2.11. The van der Waals surface area contributed by atoms with E-state index in [4.69, 9.17) is 4.74 Å². The van der Waals surface area contributed by atoms with Crippen molar-refractivity contribution in [2.75, 3.05) is 31.6 Å². The predicted molar refractivity (Wildman–Crippen MR) is 84.8 cm³/mol. The second kappa shape index (κ2) is 8.38. The van der Waals surface area contributed by atoms with Crippen molar-refractivity contribution in [3.05, 3.63) is 29.8 Å². The summed E-state index contributed by atoms with van der Waals surface area (Å²) in [5, 5.41) is 8.43. The average Bonchev–Trinajstić information content (AvgIpc) is 3.00. The van der Waals surface area contributed by atoms with Gasteiger partial charge in [-0.05, 0) is 30.5 Å². The normalized spacial score (nSPS) is 17.0. The van der Waals surface area contributed by atoms with Crippen LogP contribution in [0.5, 0.6) is 0 Å². The molecule has 3 amide bonds. The fourth-order valence-corrected chi connectivity index (χ4v) is 2.32. The Labute approximate surface area is 130 Å². The van der Waals surface area contributed by atoms with Gasteiger partial charge in [-0.15, -0.1) is 0 Å². The van der Waals surface area contributed by atoms with E-state index in [9.17, 15) is 9.59 Å². The van der Waals surface area contributed by atoms with Crippen molar-refractivity contribution >= 4 is 17.6 Å². The number of carbonyl (C=O) groups excluding carboxylic acids is 2. The van der Waals surface area contributed by atoms with Crippen molar-refractivity contribution in [3.8, 4) is 0 Å². The molecule has 1 atom stereocenters. The van der Waals surface area contributed by atoms with Crippen molar-refractivity contribution in [2.45, 2.75) is 19.8 Å². The van der Waals surface area contributed by atoms with E-state index in [1.165, 1.54) is 6.92 Å². The van der Waals surface area contributed by atoms with Gasteiger partial charge in [-0.1, -0.05) is 12.1 Å². The molecule has 6 heteroatoms. The van der Waals surface area contributed by atoms with Gasteiger partial charge in [0, 0.05) is 38.2 Å². The molecule has 1 heterocycles. The summed E-state index contributed by atoms with van der Waals surface area (Å²) in [5.74, 6) is 0.353. The number of carbonyl (C=O) groups is 2. The van der Waals surface area contributed by atoms with Gasteiger partial charge in [0.25, 0.3) is 0 Å². The second-order valence-electron chi connectivity index (χ2n) is 5.49. The van der Waals surface area contributed by atoms with E-state index in [-0.39, 0.29) is 11.9 Å². The van der Waals surface area contributed by atoms with Crippen molar-refractivity contribution in [2.24, 2.45) is 5.92 Å². The molecule has 1 fully saturated rings. The number of ether oxygens (including phenoxy) is 1. The van der Waals surface area contributed by atoms with Crippen LogP contribution in [0.15, 0.2) is 24.3 Å². The summed E-state index contributed by atoms with van der Waals surface area (Å²) in [4.78, 5) is 22.6. The third kappa shape index (κ3) is 5.73. The Morgan fingerprint density at radius 1 is 1.23 bits per heavy atom. The molecule has 120 valence electrons. The Kier molecular flexibility index (Phi) is 6.21. The van der Waals surface area contributed by atoms with Gasteiger partial charge in [-0.2, -0.15) is 0 Å². The molecule has 1 aliphatic rings. The third-order valence-electron chi connectivity index (χ3n) is 3.55. The first-order chi connectivity index (χ1) is 10.6. The number of nitrogens with one attached hydrogen (secondary N) is 3. The fourth-order valence-electron chi connectivity index (χ4n) is 2.32. The predicted octanol–water partition coefficient (Wildman–Crippen LogP) is 1.52. The van der Waals surface area contributed by atoms with Crippen LogP contribution in [-0.4, -0.2) is 38.2 Å². The monoisotopic (exact) mass is 305 g/mol. The Hall–Kier alpha value is -2.08. The average molecular weight is 305 g/mol. The van der Waals surface area contributed by atoms with Gasteiger partial charge in [0.05, 0.1) is 6.61 Å². The number of benzene rings is 1. The third-order valence-corrected chi connectivity index (χ3v) is 3.55. The summed E-state index contributed by atoms with van der Waals surface area (Å²) in [6.07, 6.45) is 1.77. The van der Waals surface area contributed by atoms with Gasteiger partial charge in [0.15, 0.2) is 0 Å². The standard InChI is InChI=1S/C16H23N3O3/c1-12(20)19-15-4-2-13(3-5-15)6-8-17-16(21)18-10-14-7-9-22-11-14/h2-5,14H,6-11H2,1H3,(H,19,20)(H2,17,18,21)/t14-/m0/s1. The zero-order chi connectivity index (χ0) is 15.8. The van der Waals surface area contributed by atoms with E-state index in [0.717, 1.165) is 37.3 Å². The van der Waals surface area contributed by atoms with E-state index in [1.807, 2.05) is 24.3 Å². The molecule has 0 aliphatic carbocycles. The molecule has 2 rings (SSSR count). The maximum Gasteiger partial charge on any atom is 0.314 e. The van der Waals surface area contributed by atoms with Crippen LogP contribution >= 0.6 is 0 Å². The van der Waals surface area contributed by atoms with Gasteiger partial charge in [-0.3, -0.25) is 4.79 Å². The van der Waals surface area contributed by atoms with E-state index < -0.39 is 0 Å². The van der Waals surface area contributed by atoms with Crippen molar-refractivity contribution in [1.82, 2.24) is 10.6 Å². The van der Waals surface area contributed by atoms with Crippen LogP contribution in [0.2, 0.25) is 0 Å². The van der Waals surface area contributed by atoms with Crippen LogP contribution in [0.25, 0.3) is 0 Å². The van der Waals surface area contributed by atoms with Crippen molar-refractivity contribution in [3.63, 3.8) is 0 Å². The molecule has 22 heavy (non-hydrogen) atoms. The first-order valence-electron chi connectivity index (χ1n) is 7.59. The number of urea groups is 1. The smallest absolute Gasteiger partial charge is 0.314 e. The lowest BCUT2D eigenvalue weighted by Crippen LogP contribution is -2.39. The highest BCUT2D eigenvalue weighted by molar-refractivity contribution is 5.88. The number of amides is 3. The molecule has 3 N–H and O–H groups in total. The van der Waals surface area contributed by atoms with E-state index in [2.05, 4.69) is 16.0 Å². The molecule has 0 saturated carbocycles. The fraction of sp³-hybridized carbons (Fsp3) is 0.500. The zero-order valence-corrected chi connectivity index (χ0v) is 12.9. The molecule has 0 aromatic heterocycles. The Balaban J connectivity index is 1.62. The van der Waals surface area contributed by atoms with Crippen LogP contribution in [-0.2, 0) is 16.0 Å². The summed E-state index contributed by atoms with van der Waals surface area (Å²) in [6, 6.07) is 7.47. The van der Waals surface area contributed by atoms with Crippen molar-refractivity contribution in [1.29, 1.82) is 0 Å².